The minimum absolute atomic E-state index is 0.180. The topological polar surface area (TPSA) is 41.5 Å². The number of hydrogen-bond donors (Lipinski definition) is 2. The predicted molar refractivity (Wildman–Crippen MR) is 118 cm³/mol. The SMILES string of the molecule is CC(C)(O[Si](C)(C)C(C)(C)C)[C@H]1CC[C@@](CCCO)(c2ccccc2Cl)N1. The van der Waals surface area contributed by atoms with Gasteiger partial charge in [-0.2, -0.15) is 0 Å². The fourth-order valence-electron chi connectivity index (χ4n) is 4.05. The van der Waals surface area contributed by atoms with Gasteiger partial charge in [0.25, 0.3) is 0 Å². The van der Waals surface area contributed by atoms with Crippen LogP contribution in [0, 0.1) is 0 Å². The van der Waals surface area contributed by atoms with Crippen molar-refractivity contribution in [2.24, 2.45) is 0 Å². The molecule has 154 valence electrons. The van der Waals surface area contributed by atoms with E-state index in [-0.39, 0.29) is 28.8 Å². The first-order valence-electron chi connectivity index (χ1n) is 10.2. The third kappa shape index (κ3) is 4.97. The summed E-state index contributed by atoms with van der Waals surface area (Å²) < 4.78 is 6.83. The molecule has 1 heterocycles. The summed E-state index contributed by atoms with van der Waals surface area (Å²) in [4.78, 5) is 0. The number of rotatable bonds is 7. The van der Waals surface area contributed by atoms with Gasteiger partial charge in [-0.3, -0.25) is 0 Å². The Morgan fingerprint density at radius 1 is 1.22 bits per heavy atom. The van der Waals surface area contributed by atoms with Crippen molar-refractivity contribution in [3.05, 3.63) is 34.9 Å². The molecule has 2 atom stereocenters. The largest absolute Gasteiger partial charge is 0.410 e. The first-order chi connectivity index (χ1) is 12.3. The van der Waals surface area contributed by atoms with E-state index in [9.17, 15) is 5.11 Å². The number of hydrogen-bond acceptors (Lipinski definition) is 3. The standard InChI is InChI=1S/C22H38ClNO2Si/c1-20(2,3)27(6,7)26-21(4,5)19-13-15-22(24-19,14-10-16-25)17-11-8-9-12-18(17)23/h8-9,11-12,19,24-25H,10,13-16H2,1-7H3/t19-,22+/m1/s1. The molecule has 0 aliphatic carbocycles. The molecule has 0 radical (unpaired) electrons. The molecule has 0 aromatic heterocycles. The van der Waals surface area contributed by atoms with Crippen molar-refractivity contribution >= 4 is 19.9 Å². The molecule has 2 N–H and O–H groups in total. The van der Waals surface area contributed by atoms with E-state index < -0.39 is 8.32 Å². The van der Waals surface area contributed by atoms with Crippen LogP contribution in [-0.2, 0) is 9.96 Å². The molecule has 1 aliphatic heterocycles. The van der Waals surface area contributed by atoms with Crippen molar-refractivity contribution in [1.29, 1.82) is 0 Å². The van der Waals surface area contributed by atoms with Gasteiger partial charge in [-0.1, -0.05) is 50.6 Å². The second kappa shape index (κ2) is 8.15. The highest BCUT2D eigenvalue weighted by molar-refractivity contribution is 6.74. The number of aliphatic hydroxyl groups is 1. The molecule has 0 spiro atoms. The summed E-state index contributed by atoms with van der Waals surface area (Å²) in [6, 6.07) is 8.36. The number of aliphatic hydroxyl groups excluding tert-OH is 1. The van der Waals surface area contributed by atoms with Crippen molar-refractivity contribution in [1.82, 2.24) is 5.32 Å². The Kier molecular flexibility index (Phi) is 6.91. The van der Waals surface area contributed by atoms with E-state index >= 15 is 0 Å². The van der Waals surface area contributed by atoms with Crippen LogP contribution in [0.1, 0.15) is 65.9 Å². The van der Waals surface area contributed by atoms with Crippen LogP contribution in [0.4, 0.5) is 0 Å². The molecule has 3 nitrogen and oxygen atoms in total. The molecular formula is C22H38ClNO2Si. The smallest absolute Gasteiger partial charge is 0.192 e. The van der Waals surface area contributed by atoms with Gasteiger partial charge in [-0.05, 0) is 69.3 Å². The van der Waals surface area contributed by atoms with Crippen molar-refractivity contribution in [3.8, 4) is 0 Å². The Labute approximate surface area is 172 Å². The molecule has 2 rings (SSSR count). The summed E-state index contributed by atoms with van der Waals surface area (Å²) in [6.07, 6.45) is 3.68. The van der Waals surface area contributed by atoms with Gasteiger partial charge in [0.05, 0.1) is 5.60 Å². The zero-order valence-electron chi connectivity index (χ0n) is 18.2. The van der Waals surface area contributed by atoms with Gasteiger partial charge < -0.3 is 14.8 Å². The third-order valence-electron chi connectivity index (χ3n) is 6.62. The molecule has 0 bridgehead atoms. The number of nitrogens with one attached hydrogen (secondary N) is 1. The van der Waals surface area contributed by atoms with Crippen molar-refractivity contribution in [2.75, 3.05) is 6.61 Å². The predicted octanol–water partition coefficient (Wildman–Crippen LogP) is 5.86. The van der Waals surface area contributed by atoms with E-state index in [0.717, 1.165) is 36.3 Å². The first-order valence-corrected chi connectivity index (χ1v) is 13.5. The quantitative estimate of drug-likeness (QED) is 0.552. The maximum absolute atomic E-state index is 9.45. The highest BCUT2D eigenvalue weighted by atomic mass is 35.5. The fraction of sp³-hybridized carbons (Fsp3) is 0.727. The summed E-state index contributed by atoms with van der Waals surface area (Å²) >= 11 is 6.57. The van der Waals surface area contributed by atoms with Gasteiger partial charge in [0.1, 0.15) is 0 Å². The van der Waals surface area contributed by atoms with E-state index in [1.165, 1.54) is 0 Å². The lowest BCUT2D eigenvalue weighted by Crippen LogP contribution is -2.56. The molecule has 1 fully saturated rings. The van der Waals surface area contributed by atoms with Gasteiger partial charge in [-0.15, -0.1) is 0 Å². The van der Waals surface area contributed by atoms with E-state index in [2.05, 4.69) is 59.1 Å². The van der Waals surface area contributed by atoms with Crippen LogP contribution in [0.3, 0.4) is 0 Å². The third-order valence-corrected chi connectivity index (χ3v) is 11.6. The Hall–Kier alpha value is -0.393. The summed E-state index contributed by atoms with van der Waals surface area (Å²) in [5.74, 6) is 0. The van der Waals surface area contributed by atoms with E-state index in [4.69, 9.17) is 16.0 Å². The molecule has 1 aromatic carbocycles. The minimum atomic E-state index is -1.88. The monoisotopic (exact) mass is 411 g/mol. The second-order valence-corrected chi connectivity index (χ2v) is 15.2. The summed E-state index contributed by atoms with van der Waals surface area (Å²) in [7, 11) is -1.88. The normalized spacial score (nSPS) is 24.4. The summed E-state index contributed by atoms with van der Waals surface area (Å²) in [5.41, 5.74) is 0.691. The van der Waals surface area contributed by atoms with Crippen molar-refractivity contribution < 1.29 is 9.53 Å². The average Bonchev–Trinajstić information content (AvgIpc) is 2.98. The van der Waals surface area contributed by atoms with Crippen LogP contribution >= 0.6 is 11.6 Å². The van der Waals surface area contributed by atoms with Crippen LogP contribution in [-0.4, -0.2) is 31.7 Å². The molecule has 1 aromatic rings. The van der Waals surface area contributed by atoms with Crippen LogP contribution in [0.5, 0.6) is 0 Å². The summed E-state index contributed by atoms with van der Waals surface area (Å²) in [5, 5.41) is 14.3. The molecule has 1 aliphatic rings. The van der Waals surface area contributed by atoms with Crippen LogP contribution in [0.15, 0.2) is 24.3 Å². The van der Waals surface area contributed by atoms with Gasteiger partial charge >= 0.3 is 0 Å². The van der Waals surface area contributed by atoms with E-state index in [1.54, 1.807) is 0 Å². The van der Waals surface area contributed by atoms with E-state index in [1.807, 2.05) is 18.2 Å². The zero-order valence-corrected chi connectivity index (χ0v) is 19.9. The van der Waals surface area contributed by atoms with Crippen molar-refractivity contribution in [3.63, 3.8) is 0 Å². The van der Waals surface area contributed by atoms with E-state index in [0.29, 0.717) is 0 Å². The van der Waals surface area contributed by atoms with Gasteiger partial charge in [0.2, 0.25) is 0 Å². The second-order valence-electron chi connectivity index (χ2n) is 10.1. The lowest BCUT2D eigenvalue weighted by atomic mass is 9.84. The lowest BCUT2D eigenvalue weighted by molar-refractivity contribution is 0.0502. The van der Waals surface area contributed by atoms with Crippen LogP contribution in [0.2, 0.25) is 23.2 Å². The van der Waals surface area contributed by atoms with Crippen LogP contribution < -0.4 is 5.32 Å². The fourth-order valence-corrected chi connectivity index (χ4v) is 6.13. The highest BCUT2D eigenvalue weighted by Gasteiger charge is 2.49. The molecule has 1 saturated heterocycles. The Balaban J connectivity index is 2.28. The number of benzene rings is 1. The maximum Gasteiger partial charge on any atom is 0.192 e. The van der Waals surface area contributed by atoms with Gasteiger partial charge in [0.15, 0.2) is 8.32 Å². The molecule has 0 saturated carbocycles. The molecule has 27 heavy (non-hydrogen) atoms. The molecular weight excluding hydrogens is 374 g/mol. The van der Waals surface area contributed by atoms with Crippen molar-refractivity contribution in [2.45, 2.75) is 95.6 Å². The lowest BCUT2D eigenvalue weighted by Gasteiger charge is -2.46. The first kappa shape index (κ1) is 22.9. The highest BCUT2D eigenvalue weighted by Crippen LogP contribution is 2.45. The Morgan fingerprint density at radius 2 is 1.85 bits per heavy atom. The zero-order chi connectivity index (χ0) is 20.5. The molecule has 5 heteroatoms. The minimum Gasteiger partial charge on any atom is -0.410 e. The molecule has 0 unspecified atom stereocenters. The molecule has 0 amide bonds. The maximum atomic E-state index is 9.45. The Morgan fingerprint density at radius 3 is 2.41 bits per heavy atom. The average molecular weight is 412 g/mol. The Bertz CT molecular complexity index is 641. The van der Waals surface area contributed by atoms with Gasteiger partial charge in [0, 0.05) is 23.2 Å². The van der Waals surface area contributed by atoms with Crippen LogP contribution in [0.25, 0.3) is 0 Å². The summed E-state index contributed by atoms with van der Waals surface area (Å²) in [6.45, 7) is 16.1. The number of halogens is 1. The van der Waals surface area contributed by atoms with Gasteiger partial charge in [-0.25, -0.2) is 0 Å².